The lowest BCUT2D eigenvalue weighted by Crippen LogP contribution is -2.51. The number of amides is 1. The van der Waals surface area contributed by atoms with E-state index in [2.05, 4.69) is 10.3 Å². The van der Waals surface area contributed by atoms with E-state index in [0.29, 0.717) is 13.0 Å². The molecular formula is C16H24N2O4. The molecule has 0 aromatic carbocycles. The standard InChI is InChI=1S/C16H24N2O4/c1-15(2,3)22-14(20)18-12(13(19)16(4)10-21-16)9-11-5-7-17-8-6-11/h5-8,12-13,19H,9-10H2,1-4H3,(H,18,20)/t12-,13?,16+/m0/s1. The maximum absolute atomic E-state index is 12.0. The summed E-state index contributed by atoms with van der Waals surface area (Å²) in [6, 6.07) is 3.21. The smallest absolute Gasteiger partial charge is 0.407 e. The Balaban J connectivity index is 2.06. The quantitative estimate of drug-likeness (QED) is 0.808. The van der Waals surface area contributed by atoms with E-state index >= 15 is 0 Å². The Morgan fingerprint density at radius 2 is 2.09 bits per heavy atom. The Kier molecular flexibility index (Phi) is 4.72. The molecule has 1 aromatic rings. The molecule has 1 aromatic heterocycles. The minimum atomic E-state index is -0.812. The number of epoxide rings is 1. The van der Waals surface area contributed by atoms with Crippen molar-refractivity contribution in [2.45, 2.75) is 57.5 Å². The molecule has 1 aliphatic heterocycles. The van der Waals surface area contributed by atoms with Gasteiger partial charge in [-0.25, -0.2) is 4.79 Å². The second-order valence-electron chi connectivity index (χ2n) is 6.86. The SMILES string of the molecule is CC(C)(C)OC(=O)N[C@@H](Cc1ccncc1)C(O)[C@@]1(C)CO1. The zero-order valence-corrected chi connectivity index (χ0v) is 13.5. The van der Waals surface area contributed by atoms with Gasteiger partial charge in [0.05, 0.1) is 12.6 Å². The Morgan fingerprint density at radius 3 is 2.59 bits per heavy atom. The largest absolute Gasteiger partial charge is 0.444 e. The van der Waals surface area contributed by atoms with E-state index in [1.807, 2.05) is 19.1 Å². The van der Waals surface area contributed by atoms with Crippen molar-refractivity contribution in [3.8, 4) is 0 Å². The van der Waals surface area contributed by atoms with E-state index in [-0.39, 0.29) is 0 Å². The summed E-state index contributed by atoms with van der Waals surface area (Å²) in [7, 11) is 0. The van der Waals surface area contributed by atoms with Crippen LogP contribution in [-0.4, -0.2) is 46.1 Å². The highest BCUT2D eigenvalue weighted by Gasteiger charge is 2.50. The summed E-state index contributed by atoms with van der Waals surface area (Å²) in [6.07, 6.45) is 2.48. The molecule has 6 heteroatoms. The third kappa shape index (κ3) is 4.68. The summed E-state index contributed by atoms with van der Waals surface area (Å²) < 4.78 is 10.6. The van der Waals surface area contributed by atoms with Crippen LogP contribution < -0.4 is 5.32 Å². The van der Waals surface area contributed by atoms with Crippen LogP contribution in [0.4, 0.5) is 4.79 Å². The molecule has 1 saturated heterocycles. The molecule has 2 rings (SSSR count). The van der Waals surface area contributed by atoms with Crippen molar-refractivity contribution in [1.82, 2.24) is 10.3 Å². The Morgan fingerprint density at radius 1 is 1.50 bits per heavy atom. The zero-order chi connectivity index (χ0) is 16.4. The Hall–Kier alpha value is -1.66. The van der Waals surface area contributed by atoms with Crippen molar-refractivity contribution >= 4 is 6.09 Å². The number of hydrogen-bond donors (Lipinski definition) is 2. The average Bonchev–Trinajstić information content (AvgIpc) is 3.15. The first-order valence-corrected chi connectivity index (χ1v) is 7.40. The Labute approximate surface area is 130 Å². The average molecular weight is 308 g/mol. The molecule has 1 fully saturated rings. The van der Waals surface area contributed by atoms with E-state index in [1.165, 1.54) is 0 Å². The molecule has 0 radical (unpaired) electrons. The van der Waals surface area contributed by atoms with Crippen LogP contribution in [0.1, 0.15) is 33.3 Å². The number of ether oxygens (including phenoxy) is 2. The first kappa shape index (κ1) is 16.7. The van der Waals surface area contributed by atoms with Gasteiger partial charge in [0.25, 0.3) is 0 Å². The predicted molar refractivity (Wildman–Crippen MR) is 81.5 cm³/mol. The molecule has 122 valence electrons. The number of carbonyl (C=O) groups excluding carboxylic acids is 1. The lowest BCUT2D eigenvalue weighted by Gasteiger charge is -2.28. The summed E-state index contributed by atoms with van der Waals surface area (Å²) in [4.78, 5) is 16.0. The summed E-state index contributed by atoms with van der Waals surface area (Å²) in [5.74, 6) is 0. The molecule has 22 heavy (non-hydrogen) atoms. The monoisotopic (exact) mass is 308 g/mol. The van der Waals surface area contributed by atoms with Gasteiger partial charge >= 0.3 is 6.09 Å². The molecule has 2 heterocycles. The van der Waals surface area contributed by atoms with Gasteiger partial charge in [-0.1, -0.05) is 0 Å². The maximum atomic E-state index is 12.0. The molecular weight excluding hydrogens is 284 g/mol. The second-order valence-corrected chi connectivity index (χ2v) is 6.86. The van der Waals surface area contributed by atoms with Crippen molar-refractivity contribution in [3.05, 3.63) is 30.1 Å². The number of alkyl carbamates (subject to hydrolysis) is 1. The number of nitrogens with zero attached hydrogens (tertiary/aromatic N) is 1. The zero-order valence-electron chi connectivity index (χ0n) is 13.5. The summed E-state index contributed by atoms with van der Waals surface area (Å²) in [6.45, 7) is 7.70. The third-order valence-electron chi connectivity index (χ3n) is 3.51. The minimum Gasteiger partial charge on any atom is -0.444 e. The molecule has 6 nitrogen and oxygen atoms in total. The van der Waals surface area contributed by atoms with Gasteiger partial charge in [0.2, 0.25) is 0 Å². The van der Waals surface area contributed by atoms with Gasteiger partial charge in [0.1, 0.15) is 17.3 Å². The van der Waals surface area contributed by atoms with E-state index in [4.69, 9.17) is 9.47 Å². The van der Waals surface area contributed by atoms with Crippen LogP contribution in [-0.2, 0) is 15.9 Å². The van der Waals surface area contributed by atoms with E-state index in [0.717, 1.165) is 5.56 Å². The van der Waals surface area contributed by atoms with E-state index in [9.17, 15) is 9.90 Å². The highest BCUT2D eigenvalue weighted by molar-refractivity contribution is 5.68. The summed E-state index contributed by atoms with van der Waals surface area (Å²) >= 11 is 0. The third-order valence-corrected chi connectivity index (χ3v) is 3.51. The van der Waals surface area contributed by atoms with Gasteiger partial charge < -0.3 is 19.9 Å². The topological polar surface area (TPSA) is 84.0 Å². The molecule has 2 N–H and O–H groups in total. The number of pyridine rings is 1. The molecule has 0 bridgehead atoms. The first-order valence-electron chi connectivity index (χ1n) is 7.40. The summed E-state index contributed by atoms with van der Waals surface area (Å²) in [5.41, 5.74) is -0.220. The number of carbonyl (C=O) groups is 1. The van der Waals surface area contributed by atoms with Crippen LogP contribution in [0, 0.1) is 0 Å². The summed E-state index contributed by atoms with van der Waals surface area (Å²) in [5, 5.41) is 13.3. The highest BCUT2D eigenvalue weighted by Crippen LogP contribution is 2.32. The molecule has 3 atom stereocenters. The van der Waals surface area contributed by atoms with Crippen molar-refractivity contribution in [1.29, 1.82) is 0 Å². The Bertz CT molecular complexity index is 509. The molecule has 0 spiro atoms. The van der Waals surface area contributed by atoms with Gasteiger partial charge in [-0.2, -0.15) is 0 Å². The van der Waals surface area contributed by atoms with E-state index in [1.54, 1.807) is 33.2 Å². The fraction of sp³-hybridized carbons (Fsp3) is 0.625. The van der Waals surface area contributed by atoms with Crippen LogP contribution in [0.3, 0.4) is 0 Å². The number of hydrogen-bond acceptors (Lipinski definition) is 5. The predicted octanol–water partition coefficient (Wildman–Crippen LogP) is 1.67. The number of aliphatic hydroxyl groups is 1. The number of rotatable bonds is 5. The molecule has 0 aliphatic carbocycles. The van der Waals surface area contributed by atoms with Gasteiger partial charge in [0.15, 0.2) is 0 Å². The lowest BCUT2D eigenvalue weighted by atomic mass is 9.93. The van der Waals surface area contributed by atoms with Crippen molar-refractivity contribution < 1.29 is 19.4 Å². The van der Waals surface area contributed by atoms with Crippen LogP contribution >= 0.6 is 0 Å². The first-order chi connectivity index (χ1) is 10.2. The van der Waals surface area contributed by atoms with E-state index < -0.39 is 29.4 Å². The van der Waals surface area contributed by atoms with Crippen LogP contribution in [0.5, 0.6) is 0 Å². The number of nitrogens with one attached hydrogen (secondary N) is 1. The van der Waals surface area contributed by atoms with Crippen molar-refractivity contribution in [2.24, 2.45) is 0 Å². The number of aliphatic hydroxyl groups excluding tert-OH is 1. The normalized spacial score (nSPS) is 23.5. The molecule has 1 aliphatic rings. The van der Waals surface area contributed by atoms with Gasteiger partial charge in [-0.05, 0) is 51.8 Å². The number of aromatic nitrogens is 1. The minimum absolute atomic E-state index is 0.474. The van der Waals surface area contributed by atoms with Crippen LogP contribution in [0.15, 0.2) is 24.5 Å². The van der Waals surface area contributed by atoms with Crippen molar-refractivity contribution in [3.63, 3.8) is 0 Å². The molecule has 1 amide bonds. The van der Waals surface area contributed by atoms with Gasteiger partial charge in [-0.3, -0.25) is 4.98 Å². The molecule has 1 unspecified atom stereocenters. The van der Waals surface area contributed by atoms with Crippen LogP contribution in [0.25, 0.3) is 0 Å². The van der Waals surface area contributed by atoms with Gasteiger partial charge in [0, 0.05) is 12.4 Å². The van der Waals surface area contributed by atoms with Crippen LogP contribution in [0.2, 0.25) is 0 Å². The fourth-order valence-electron chi connectivity index (χ4n) is 2.18. The molecule has 0 saturated carbocycles. The lowest BCUT2D eigenvalue weighted by molar-refractivity contribution is 0.0268. The maximum Gasteiger partial charge on any atom is 0.407 e. The van der Waals surface area contributed by atoms with Gasteiger partial charge in [-0.15, -0.1) is 0 Å². The highest BCUT2D eigenvalue weighted by atomic mass is 16.6. The second kappa shape index (κ2) is 6.22. The fourth-order valence-corrected chi connectivity index (χ4v) is 2.18. The van der Waals surface area contributed by atoms with Crippen molar-refractivity contribution in [2.75, 3.05) is 6.61 Å².